The zero-order valence-corrected chi connectivity index (χ0v) is 13.0. The fourth-order valence-corrected chi connectivity index (χ4v) is 1.99. The Bertz CT molecular complexity index is 370. The molecule has 0 aromatic heterocycles. The maximum atomic E-state index is 5.84. The van der Waals surface area contributed by atoms with Gasteiger partial charge >= 0.3 is 0 Å². The fraction of sp³-hybridized carbons (Fsp3) is 0.625. The van der Waals surface area contributed by atoms with E-state index < -0.39 is 0 Å². The highest BCUT2D eigenvalue weighted by Gasteiger charge is 2.13. The highest BCUT2D eigenvalue weighted by Crippen LogP contribution is 2.20. The van der Waals surface area contributed by atoms with Crippen LogP contribution in [0.4, 0.5) is 0 Å². The number of ether oxygens (including phenoxy) is 3. The number of hydrogen-bond acceptors (Lipinski definition) is 4. The largest absolute Gasteiger partial charge is 0.497 e. The summed E-state index contributed by atoms with van der Waals surface area (Å²) in [7, 11) is 3.37. The minimum absolute atomic E-state index is 0.0940. The van der Waals surface area contributed by atoms with Gasteiger partial charge in [-0.2, -0.15) is 0 Å². The number of nitrogens with one attached hydrogen (secondary N) is 1. The number of hydrogen-bond donors (Lipinski definition) is 1. The molecular weight excluding hydrogens is 254 g/mol. The summed E-state index contributed by atoms with van der Waals surface area (Å²) in [6.45, 7) is 6.37. The molecule has 0 bridgehead atoms. The molecule has 0 radical (unpaired) electrons. The predicted octanol–water partition coefficient (Wildman–Crippen LogP) is 2.79. The van der Waals surface area contributed by atoms with E-state index in [0.717, 1.165) is 18.7 Å². The molecule has 4 heteroatoms. The van der Waals surface area contributed by atoms with E-state index in [1.165, 1.54) is 5.56 Å². The summed E-state index contributed by atoms with van der Waals surface area (Å²) >= 11 is 0. The van der Waals surface area contributed by atoms with Crippen molar-refractivity contribution in [3.8, 4) is 5.75 Å². The Morgan fingerprint density at radius 1 is 1.20 bits per heavy atom. The molecule has 0 saturated heterocycles. The second-order valence-electron chi connectivity index (χ2n) is 4.88. The monoisotopic (exact) mass is 281 g/mol. The number of rotatable bonds is 10. The van der Waals surface area contributed by atoms with Gasteiger partial charge in [-0.25, -0.2) is 0 Å². The molecular formula is C16H27NO3. The molecule has 1 aromatic rings. The van der Waals surface area contributed by atoms with E-state index in [4.69, 9.17) is 14.2 Å². The van der Waals surface area contributed by atoms with Gasteiger partial charge in [0.1, 0.15) is 5.75 Å². The molecule has 2 unspecified atom stereocenters. The summed E-state index contributed by atoms with van der Waals surface area (Å²) < 4.78 is 16.2. The lowest BCUT2D eigenvalue weighted by Gasteiger charge is -2.22. The minimum Gasteiger partial charge on any atom is -0.497 e. The predicted molar refractivity (Wildman–Crippen MR) is 81.3 cm³/mol. The van der Waals surface area contributed by atoms with E-state index in [-0.39, 0.29) is 12.1 Å². The van der Waals surface area contributed by atoms with E-state index in [1.807, 2.05) is 19.1 Å². The molecule has 20 heavy (non-hydrogen) atoms. The number of benzene rings is 1. The molecule has 1 rings (SSSR count). The Morgan fingerprint density at radius 2 is 2.00 bits per heavy atom. The van der Waals surface area contributed by atoms with Crippen molar-refractivity contribution >= 4 is 0 Å². The minimum atomic E-state index is 0.0940. The van der Waals surface area contributed by atoms with Crippen molar-refractivity contribution in [3.05, 3.63) is 29.8 Å². The summed E-state index contributed by atoms with van der Waals surface area (Å²) in [4.78, 5) is 0. The lowest BCUT2D eigenvalue weighted by Crippen LogP contribution is -2.29. The number of methoxy groups -OCH3 is 2. The van der Waals surface area contributed by atoms with Gasteiger partial charge in [-0.3, -0.25) is 0 Å². The highest BCUT2D eigenvalue weighted by atomic mass is 16.5. The Kier molecular flexibility index (Phi) is 8.26. The standard InChI is InChI=1S/C16H27NO3/c1-5-9-17-16(12-20-13(2)11-18-3)14-7-6-8-15(10-14)19-4/h6-8,10,13,16-17H,5,9,11-12H2,1-4H3. The third kappa shape index (κ3) is 5.90. The van der Waals surface area contributed by atoms with Gasteiger partial charge in [0, 0.05) is 7.11 Å². The summed E-state index contributed by atoms with van der Waals surface area (Å²) in [5.74, 6) is 0.871. The lowest BCUT2D eigenvalue weighted by atomic mass is 10.1. The van der Waals surface area contributed by atoms with Crippen molar-refractivity contribution in [1.29, 1.82) is 0 Å². The van der Waals surface area contributed by atoms with Crippen molar-refractivity contribution in [2.75, 3.05) is 34.0 Å². The highest BCUT2D eigenvalue weighted by molar-refractivity contribution is 5.30. The van der Waals surface area contributed by atoms with Gasteiger partial charge in [0.15, 0.2) is 0 Å². The second-order valence-corrected chi connectivity index (χ2v) is 4.88. The van der Waals surface area contributed by atoms with E-state index >= 15 is 0 Å². The Balaban J connectivity index is 2.66. The van der Waals surface area contributed by atoms with Crippen LogP contribution in [0.2, 0.25) is 0 Å². The van der Waals surface area contributed by atoms with Crippen LogP contribution in [0.1, 0.15) is 31.9 Å². The fourth-order valence-electron chi connectivity index (χ4n) is 1.99. The SMILES string of the molecule is CCCNC(COC(C)COC)c1cccc(OC)c1. The molecule has 2 atom stereocenters. The average molecular weight is 281 g/mol. The first-order valence-corrected chi connectivity index (χ1v) is 7.19. The molecule has 0 amide bonds. The van der Waals surface area contributed by atoms with Crippen LogP contribution in [0.25, 0.3) is 0 Å². The molecule has 0 aliphatic carbocycles. The normalized spacial score (nSPS) is 14.0. The van der Waals surface area contributed by atoms with Crippen LogP contribution in [-0.4, -0.2) is 40.1 Å². The van der Waals surface area contributed by atoms with E-state index in [1.54, 1.807) is 14.2 Å². The molecule has 0 heterocycles. The molecule has 0 spiro atoms. The van der Waals surface area contributed by atoms with Gasteiger partial charge in [-0.15, -0.1) is 0 Å². The topological polar surface area (TPSA) is 39.7 Å². The van der Waals surface area contributed by atoms with Gasteiger partial charge in [0.25, 0.3) is 0 Å². The molecule has 4 nitrogen and oxygen atoms in total. The van der Waals surface area contributed by atoms with Crippen LogP contribution in [0.15, 0.2) is 24.3 Å². The third-order valence-electron chi connectivity index (χ3n) is 3.09. The quantitative estimate of drug-likeness (QED) is 0.716. The van der Waals surface area contributed by atoms with Crippen molar-refractivity contribution in [3.63, 3.8) is 0 Å². The van der Waals surface area contributed by atoms with Gasteiger partial charge < -0.3 is 19.5 Å². The average Bonchev–Trinajstić information content (AvgIpc) is 2.47. The maximum Gasteiger partial charge on any atom is 0.119 e. The molecule has 114 valence electrons. The maximum absolute atomic E-state index is 5.84. The van der Waals surface area contributed by atoms with Crippen molar-refractivity contribution in [1.82, 2.24) is 5.32 Å². The first-order chi connectivity index (χ1) is 9.71. The van der Waals surface area contributed by atoms with Crippen molar-refractivity contribution < 1.29 is 14.2 Å². The molecule has 0 aliphatic rings. The van der Waals surface area contributed by atoms with E-state index in [9.17, 15) is 0 Å². The van der Waals surface area contributed by atoms with Crippen molar-refractivity contribution in [2.45, 2.75) is 32.4 Å². The van der Waals surface area contributed by atoms with Gasteiger partial charge in [0.2, 0.25) is 0 Å². The Hall–Kier alpha value is -1.10. The molecule has 1 aromatic carbocycles. The zero-order chi connectivity index (χ0) is 14.8. The molecule has 1 N–H and O–H groups in total. The zero-order valence-electron chi connectivity index (χ0n) is 13.0. The Labute approximate surface area is 122 Å². The smallest absolute Gasteiger partial charge is 0.119 e. The van der Waals surface area contributed by atoms with Crippen LogP contribution < -0.4 is 10.1 Å². The van der Waals surface area contributed by atoms with Crippen LogP contribution in [0, 0.1) is 0 Å². The summed E-state index contributed by atoms with van der Waals surface area (Å²) in [5, 5.41) is 3.51. The third-order valence-corrected chi connectivity index (χ3v) is 3.09. The molecule has 0 fully saturated rings. The molecule has 0 saturated carbocycles. The second kappa shape index (κ2) is 9.75. The first-order valence-electron chi connectivity index (χ1n) is 7.19. The lowest BCUT2D eigenvalue weighted by molar-refractivity contribution is -0.000539. The van der Waals surface area contributed by atoms with Crippen LogP contribution in [0.5, 0.6) is 5.75 Å². The van der Waals surface area contributed by atoms with Gasteiger partial charge in [-0.05, 0) is 37.6 Å². The summed E-state index contributed by atoms with van der Waals surface area (Å²) in [6.07, 6.45) is 1.19. The first kappa shape index (κ1) is 17.0. The van der Waals surface area contributed by atoms with E-state index in [0.29, 0.717) is 13.2 Å². The van der Waals surface area contributed by atoms with Gasteiger partial charge in [0.05, 0.1) is 32.5 Å². The molecule has 0 aliphatic heterocycles. The summed E-state index contributed by atoms with van der Waals surface area (Å²) in [5.41, 5.74) is 1.18. The Morgan fingerprint density at radius 3 is 2.65 bits per heavy atom. The van der Waals surface area contributed by atoms with Crippen LogP contribution in [-0.2, 0) is 9.47 Å². The van der Waals surface area contributed by atoms with Gasteiger partial charge in [-0.1, -0.05) is 19.1 Å². The van der Waals surface area contributed by atoms with E-state index in [2.05, 4.69) is 24.4 Å². The summed E-state index contributed by atoms with van der Waals surface area (Å²) in [6, 6.07) is 8.28. The van der Waals surface area contributed by atoms with Crippen LogP contribution in [0.3, 0.4) is 0 Å². The van der Waals surface area contributed by atoms with Crippen molar-refractivity contribution in [2.24, 2.45) is 0 Å². The van der Waals surface area contributed by atoms with Crippen LogP contribution >= 0.6 is 0 Å².